The molecule has 1 amide bonds. The third-order valence-electron chi connectivity index (χ3n) is 3.66. The molecule has 1 heterocycles. The monoisotopic (exact) mass is 256 g/mol. The van der Waals surface area contributed by atoms with E-state index in [2.05, 4.69) is 12.2 Å². The maximum absolute atomic E-state index is 12.0. The van der Waals surface area contributed by atoms with E-state index in [1.54, 1.807) is 0 Å². The van der Waals surface area contributed by atoms with Crippen LogP contribution < -0.4 is 5.32 Å². The molecule has 0 radical (unpaired) electrons. The number of nitrogens with one attached hydrogen (secondary N) is 1. The average molecular weight is 256 g/mol. The quantitative estimate of drug-likeness (QED) is 0.755. The standard InChI is InChI=1S/C14H28N2O2/c1-4-6-14(18)16-9-12(11(3)17)8-13(10-16)15-7-5-2/h11-13,15,17H,4-10H2,1-3H3. The molecule has 106 valence electrons. The Balaban J connectivity index is 2.58. The van der Waals surface area contributed by atoms with Crippen LogP contribution in [0.2, 0.25) is 0 Å². The fraction of sp³-hybridized carbons (Fsp3) is 0.929. The molecular formula is C14H28N2O2. The topological polar surface area (TPSA) is 52.6 Å². The molecule has 4 nitrogen and oxygen atoms in total. The van der Waals surface area contributed by atoms with Crippen molar-refractivity contribution in [2.24, 2.45) is 5.92 Å². The first-order chi connectivity index (χ1) is 8.58. The van der Waals surface area contributed by atoms with E-state index in [1.807, 2.05) is 18.7 Å². The van der Waals surface area contributed by atoms with Crippen molar-refractivity contribution >= 4 is 5.91 Å². The number of nitrogens with zero attached hydrogens (tertiary/aromatic N) is 1. The van der Waals surface area contributed by atoms with E-state index in [1.165, 1.54) is 0 Å². The normalized spacial score (nSPS) is 26.1. The number of hydrogen-bond donors (Lipinski definition) is 2. The summed E-state index contributed by atoms with van der Waals surface area (Å²) in [6.07, 6.45) is 3.23. The smallest absolute Gasteiger partial charge is 0.222 e. The molecule has 0 aliphatic carbocycles. The van der Waals surface area contributed by atoms with Gasteiger partial charge in [0.25, 0.3) is 0 Å². The second-order valence-electron chi connectivity index (χ2n) is 5.44. The van der Waals surface area contributed by atoms with Gasteiger partial charge >= 0.3 is 0 Å². The number of amides is 1. The summed E-state index contributed by atoms with van der Waals surface area (Å²) in [5, 5.41) is 13.3. The number of aliphatic hydroxyl groups excluding tert-OH is 1. The van der Waals surface area contributed by atoms with Crippen LogP contribution in [0.1, 0.15) is 46.5 Å². The average Bonchev–Trinajstić information content (AvgIpc) is 2.36. The first-order valence-electron chi connectivity index (χ1n) is 7.27. The Hall–Kier alpha value is -0.610. The van der Waals surface area contributed by atoms with Crippen molar-refractivity contribution in [1.29, 1.82) is 0 Å². The van der Waals surface area contributed by atoms with Crippen molar-refractivity contribution in [3.63, 3.8) is 0 Å². The van der Waals surface area contributed by atoms with E-state index in [0.29, 0.717) is 19.0 Å². The van der Waals surface area contributed by atoms with Crippen molar-refractivity contribution in [1.82, 2.24) is 10.2 Å². The van der Waals surface area contributed by atoms with E-state index in [0.717, 1.165) is 32.4 Å². The van der Waals surface area contributed by atoms with Gasteiger partial charge in [0.15, 0.2) is 0 Å². The van der Waals surface area contributed by atoms with Crippen LogP contribution in [0.25, 0.3) is 0 Å². The number of carbonyl (C=O) groups is 1. The predicted octanol–water partition coefficient (Wildman–Crippen LogP) is 1.38. The van der Waals surface area contributed by atoms with Gasteiger partial charge in [-0.2, -0.15) is 0 Å². The minimum atomic E-state index is -0.340. The van der Waals surface area contributed by atoms with E-state index >= 15 is 0 Å². The maximum atomic E-state index is 12.0. The highest BCUT2D eigenvalue weighted by Crippen LogP contribution is 2.21. The molecule has 0 saturated carbocycles. The summed E-state index contributed by atoms with van der Waals surface area (Å²) in [6, 6.07) is 0.333. The Bertz CT molecular complexity index is 256. The van der Waals surface area contributed by atoms with Crippen molar-refractivity contribution in [3.8, 4) is 0 Å². The van der Waals surface area contributed by atoms with Gasteiger partial charge < -0.3 is 15.3 Å². The highest BCUT2D eigenvalue weighted by Gasteiger charge is 2.31. The molecule has 0 bridgehead atoms. The van der Waals surface area contributed by atoms with Crippen LogP contribution in [-0.2, 0) is 4.79 Å². The zero-order valence-corrected chi connectivity index (χ0v) is 12.0. The summed E-state index contributed by atoms with van der Waals surface area (Å²) < 4.78 is 0. The molecule has 0 aromatic carbocycles. The molecule has 18 heavy (non-hydrogen) atoms. The van der Waals surface area contributed by atoms with Gasteiger partial charge in [-0.25, -0.2) is 0 Å². The second kappa shape index (κ2) is 7.74. The zero-order valence-electron chi connectivity index (χ0n) is 12.0. The number of likely N-dealkylation sites (tertiary alicyclic amines) is 1. The maximum Gasteiger partial charge on any atom is 0.222 e. The Morgan fingerprint density at radius 2 is 2.11 bits per heavy atom. The molecule has 0 spiro atoms. The minimum Gasteiger partial charge on any atom is -0.393 e. The molecule has 3 atom stereocenters. The number of aliphatic hydroxyl groups is 1. The summed E-state index contributed by atoms with van der Waals surface area (Å²) in [7, 11) is 0. The van der Waals surface area contributed by atoms with Gasteiger partial charge in [-0.3, -0.25) is 4.79 Å². The zero-order chi connectivity index (χ0) is 13.5. The Morgan fingerprint density at radius 3 is 2.67 bits per heavy atom. The molecule has 4 heteroatoms. The molecule has 0 aromatic rings. The van der Waals surface area contributed by atoms with E-state index in [9.17, 15) is 9.90 Å². The van der Waals surface area contributed by atoms with Crippen molar-refractivity contribution in [2.75, 3.05) is 19.6 Å². The third kappa shape index (κ3) is 4.58. The lowest BCUT2D eigenvalue weighted by molar-refractivity contribution is -0.134. The lowest BCUT2D eigenvalue weighted by atomic mass is 9.90. The summed E-state index contributed by atoms with van der Waals surface area (Å²) in [4.78, 5) is 13.9. The summed E-state index contributed by atoms with van der Waals surface area (Å²) in [5.74, 6) is 0.431. The number of rotatable bonds is 6. The largest absolute Gasteiger partial charge is 0.393 e. The van der Waals surface area contributed by atoms with E-state index < -0.39 is 0 Å². The summed E-state index contributed by atoms with van der Waals surface area (Å²) in [5.41, 5.74) is 0. The highest BCUT2D eigenvalue weighted by molar-refractivity contribution is 5.76. The van der Waals surface area contributed by atoms with Gasteiger partial charge in [0.1, 0.15) is 0 Å². The molecule has 3 unspecified atom stereocenters. The van der Waals surface area contributed by atoms with Crippen LogP contribution in [0.3, 0.4) is 0 Å². The molecular weight excluding hydrogens is 228 g/mol. The van der Waals surface area contributed by atoms with Gasteiger partial charge in [-0.1, -0.05) is 13.8 Å². The van der Waals surface area contributed by atoms with Crippen LogP contribution in [0.4, 0.5) is 0 Å². The fourth-order valence-corrected chi connectivity index (χ4v) is 2.56. The number of piperidine rings is 1. The van der Waals surface area contributed by atoms with E-state index in [4.69, 9.17) is 0 Å². The molecule has 2 N–H and O–H groups in total. The molecule has 1 rings (SSSR count). The van der Waals surface area contributed by atoms with Gasteiger partial charge in [-0.15, -0.1) is 0 Å². The number of hydrogen-bond acceptors (Lipinski definition) is 3. The van der Waals surface area contributed by atoms with Gasteiger partial charge in [0.2, 0.25) is 5.91 Å². The van der Waals surface area contributed by atoms with Crippen LogP contribution >= 0.6 is 0 Å². The van der Waals surface area contributed by atoms with Crippen molar-refractivity contribution in [2.45, 2.75) is 58.6 Å². The Morgan fingerprint density at radius 1 is 1.39 bits per heavy atom. The van der Waals surface area contributed by atoms with Gasteiger partial charge in [-0.05, 0) is 32.7 Å². The molecule has 1 saturated heterocycles. The van der Waals surface area contributed by atoms with Crippen LogP contribution in [-0.4, -0.2) is 47.7 Å². The molecule has 1 aliphatic heterocycles. The minimum absolute atomic E-state index is 0.203. The van der Waals surface area contributed by atoms with Crippen LogP contribution in [0.15, 0.2) is 0 Å². The predicted molar refractivity (Wildman–Crippen MR) is 73.4 cm³/mol. The molecule has 1 fully saturated rings. The molecule has 0 aromatic heterocycles. The SMILES string of the molecule is CCCNC1CC(C(C)O)CN(C(=O)CCC)C1. The highest BCUT2D eigenvalue weighted by atomic mass is 16.3. The van der Waals surface area contributed by atoms with Gasteiger partial charge in [0, 0.05) is 31.5 Å². The summed E-state index contributed by atoms with van der Waals surface area (Å²) >= 11 is 0. The summed E-state index contributed by atoms with van der Waals surface area (Å²) in [6.45, 7) is 8.48. The second-order valence-corrected chi connectivity index (χ2v) is 5.44. The first-order valence-corrected chi connectivity index (χ1v) is 7.27. The lowest BCUT2D eigenvalue weighted by Crippen LogP contribution is -2.53. The first kappa shape index (κ1) is 15.4. The Kier molecular flexibility index (Phi) is 6.65. The van der Waals surface area contributed by atoms with Crippen molar-refractivity contribution in [3.05, 3.63) is 0 Å². The molecule has 1 aliphatic rings. The van der Waals surface area contributed by atoms with Crippen LogP contribution in [0.5, 0.6) is 0 Å². The fourth-order valence-electron chi connectivity index (χ4n) is 2.56. The lowest BCUT2D eigenvalue weighted by Gasteiger charge is -2.39. The van der Waals surface area contributed by atoms with Gasteiger partial charge in [0.05, 0.1) is 6.10 Å². The number of carbonyl (C=O) groups excluding carboxylic acids is 1. The Labute approximate surface area is 111 Å². The van der Waals surface area contributed by atoms with Crippen LogP contribution in [0, 0.1) is 5.92 Å². The van der Waals surface area contributed by atoms with Crippen molar-refractivity contribution < 1.29 is 9.90 Å². The van der Waals surface area contributed by atoms with E-state index in [-0.39, 0.29) is 17.9 Å². The third-order valence-corrected chi connectivity index (χ3v) is 3.66.